The van der Waals surface area contributed by atoms with E-state index in [1.165, 1.54) is 16.8 Å². The van der Waals surface area contributed by atoms with Gasteiger partial charge in [0.1, 0.15) is 24.8 Å². The summed E-state index contributed by atoms with van der Waals surface area (Å²) in [4.78, 5) is 40.6. The molecule has 1 saturated heterocycles. The number of aliphatic hydroxyl groups is 1. The number of aliphatic hydroxyl groups excluding tert-OH is 1. The molecule has 1 aliphatic heterocycles. The van der Waals surface area contributed by atoms with Crippen LogP contribution in [0, 0.1) is 0 Å². The van der Waals surface area contributed by atoms with Crippen molar-refractivity contribution < 1.29 is 24.2 Å². The first kappa shape index (κ1) is 21.4. The van der Waals surface area contributed by atoms with Crippen molar-refractivity contribution in [1.82, 2.24) is 9.55 Å². The van der Waals surface area contributed by atoms with E-state index in [1.54, 1.807) is 60.7 Å². The van der Waals surface area contributed by atoms with Crippen LogP contribution in [0.25, 0.3) is 0 Å². The Morgan fingerprint density at radius 2 is 1.72 bits per heavy atom. The molecule has 0 spiro atoms. The zero-order chi connectivity index (χ0) is 22.5. The summed E-state index contributed by atoms with van der Waals surface area (Å²) < 4.78 is 12.2. The predicted molar refractivity (Wildman–Crippen MR) is 114 cm³/mol. The summed E-state index contributed by atoms with van der Waals surface area (Å²) in [6, 6.07) is 18.5. The van der Waals surface area contributed by atoms with Gasteiger partial charge in [0.05, 0.1) is 11.7 Å². The molecule has 9 heteroatoms. The summed E-state index contributed by atoms with van der Waals surface area (Å²) in [6.45, 7) is -0.154. The van der Waals surface area contributed by atoms with Gasteiger partial charge in [-0.3, -0.25) is 9.36 Å². The van der Waals surface area contributed by atoms with Crippen LogP contribution in [0.2, 0.25) is 0 Å². The highest BCUT2D eigenvalue weighted by Gasteiger charge is 2.36. The maximum atomic E-state index is 12.5. The molecule has 0 bridgehead atoms. The number of carbonyl (C=O) groups is 2. The van der Waals surface area contributed by atoms with Crippen LogP contribution in [-0.2, 0) is 9.47 Å². The molecule has 0 saturated carbocycles. The molecule has 1 aliphatic rings. The fraction of sp³-hybridized carbons (Fsp3) is 0.217. The largest absolute Gasteiger partial charge is 0.459 e. The van der Waals surface area contributed by atoms with Gasteiger partial charge < -0.3 is 19.9 Å². The number of anilines is 1. The van der Waals surface area contributed by atoms with Gasteiger partial charge in [-0.1, -0.05) is 36.4 Å². The van der Waals surface area contributed by atoms with E-state index in [0.717, 1.165) is 0 Å². The van der Waals surface area contributed by atoms with Gasteiger partial charge in [-0.15, -0.1) is 0 Å². The lowest BCUT2D eigenvalue weighted by molar-refractivity contribution is -0.0531. The SMILES string of the molecule is O=C(Nc1ccn(C2CC(O)C(COC(=O)c3ccccc3)O2)c(=O)n1)c1ccccc1. The van der Waals surface area contributed by atoms with Crippen LogP contribution in [0.1, 0.15) is 33.4 Å². The van der Waals surface area contributed by atoms with E-state index in [2.05, 4.69) is 10.3 Å². The lowest BCUT2D eigenvalue weighted by atomic mass is 10.2. The summed E-state index contributed by atoms with van der Waals surface area (Å²) in [5.74, 6) is -0.808. The Hall–Kier alpha value is -3.82. The Morgan fingerprint density at radius 3 is 2.38 bits per heavy atom. The Bertz CT molecular complexity index is 1150. The molecule has 0 aliphatic carbocycles. The van der Waals surface area contributed by atoms with Crippen molar-refractivity contribution in [2.45, 2.75) is 24.9 Å². The monoisotopic (exact) mass is 435 g/mol. The molecule has 9 nitrogen and oxygen atoms in total. The molecular formula is C23H21N3O6. The third kappa shape index (κ3) is 4.90. The van der Waals surface area contributed by atoms with Gasteiger partial charge in [0.2, 0.25) is 0 Å². The van der Waals surface area contributed by atoms with Gasteiger partial charge in [0.15, 0.2) is 0 Å². The van der Waals surface area contributed by atoms with E-state index in [9.17, 15) is 19.5 Å². The predicted octanol–water partition coefficient (Wildman–Crippen LogP) is 2.00. The molecule has 1 fully saturated rings. The van der Waals surface area contributed by atoms with Gasteiger partial charge >= 0.3 is 11.7 Å². The standard InChI is InChI=1S/C23H21N3O6/c27-17-13-20(32-18(17)14-31-22(29)16-9-5-2-6-10-16)26-12-11-19(25-23(26)30)24-21(28)15-7-3-1-4-8-15/h1-12,17-18,20,27H,13-14H2,(H,24,25,28,30). The minimum atomic E-state index is -0.923. The Balaban J connectivity index is 1.37. The Morgan fingerprint density at radius 1 is 1.06 bits per heavy atom. The van der Waals surface area contributed by atoms with Crippen molar-refractivity contribution in [3.8, 4) is 0 Å². The lowest BCUT2D eigenvalue weighted by Gasteiger charge is -2.16. The van der Waals surface area contributed by atoms with Crippen molar-refractivity contribution in [2.24, 2.45) is 0 Å². The fourth-order valence-electron chi connectivity index (χ4n) is 3.33. The molecule has 2 aromatic carbocycles. The molecule has 0 radical (unpaired) electrons. The number of nitrogens with one attached hydrogen (secondary N) is 1. The smallest absolute Gasteiger partial charge is 0.351 e. The highest BCUT2D eigenvalue weighted by atomic mass is 16.6. The molecule has 3 unspecified atom stereocenters. The van der Waals surface area contributed by atoms with Crippen LogP contribution in [0.15, 0.2) is 77.7 Å². The normalized spacial score (nSPS) is 20.0. The van der Waals surface area contributed by atoms with Gasteiger partial charge in [-0.25, -0.2) is 9.59 Å². The molecular weight excluding hydrogens is 414 g/mol. The molecule has 1 aromatic heterocycles. The number of hydrogen-bond donors (Lipinski definition) is 2. The van der Waals surface area contributed by atoms with E-state index in [4.69, 9.17) is 9.47 Å². The molecule has 3 aromatic rings. The van der Waals surface area contributed by atoms with Gasteiger partial charge in [-0.2, -0.15) is 4.98 Å². The molecule has 2 heterocycles. The number of hydrogen-bond acceptors (Lipinski definition) is 7. The van der Waals surface area contributed by atoms with E-state index in [0.29, 0.717) is 11.1 Å². The summed E-state index contributed by atoms with van der Waals surface area (Å²) in [5, 5.41) is 12.9. The van der Waals surface area contributed by atoms with E-state index in [-0.39, 0.29) is 24.8 Å². The maximum Gasteiger partial charge on any atom is 0.351 e. The highest BCUT2D eigenvalue weighted by molar-refractivity contribution is 6.03. The third-order valence-corrected chi connectivity index (χ3v) is 5.01. The minimum absolute atomic E-state index is 0.104. The van der Waals surface area contributed by atoms with Crippen molar-refractivity contribution in [2.75, 3.05) is 11.9 Å². The number of carbonyl (C=O) groups excluding carboxylic acids is 2. The quantitative estimate of drug-likeness (QED) is 0.568. The summed E-state index contributed by atoms with van der Waals surface area (Å²) in [5.41, 5.74) is 0.189. The Kier molecular flexibility index (Phi) is 6.39. The zero-order valence-corrected chi connectivity index (χ0v) is 17.0. The fourth-order valence-corrected chi connectivity index (χ4v) is 3.33. The molecule has 2 N–H and O–H groups in total. The number of nitrogens with zero attached hydrogens (tertiary/aromatic N) is 2. The first-order valence-electron chi connectivity index (χ1n) is 10.0. The number of aromatic nitrogens is 2. The van der Waals surface area contributed by atoms with Crippen LogP contribution in [0.3, 0.4) is 0 Å². The average molecular weight is 435 g/mol. The molecule has 3 atom stereocenters. The van der Waals surface area contributed by atoms with Crippen LogP contribution < -0.4 is 11.0 Å². The van der Waals surface area contributed by atoms with E-state index < -0.39 is 30.1 Å². The first-order valence-corrected chi connectivity index (χ1v) is 10.0. The second kappa shape index (κ2) is 9.54. The van der Waals surface area contributed by atoms with Gasteiger partial charge in [0, 0.05) is 18.2 Å². The average Bonchev–Trinajstić information content (AvgIpc) is 3.18. The van der Waals surface area contributed by atoms with Gasteiger partial charge in [0.25, 0.3) is 5.91 Å². The summed E-state index contributed by atoms with van der Waals surface area (Å²) in [7, 11) is 0. The van der Waals surface area contributed by atoms with Crippen LogP contribution >= 0.6 is 0 Å². The number of amides is 1. The zero-order valence-electron chi connectivity index (χ0n) is 17.0. The molecule has 4 rings (SSSR count). The van der Waals surface area contributed by atoms with Crippen molar-refractivity contribution in [1.29, 1.82) is 0 Å². The van der Waals surface area contributed by atoms with Crippen LogP contribution in [-0.4, -0.2) is 45.3 Å². The summed E-state index contributed by atoms with van der Waals surface area (Å²) >= 11 is 0. The lowest BCUT2D eigenvalue weighted by Crippen LogP contribution is -2.29. The number of benzene rings is 2. The van der Waals surface area contributed by atoms with E-state index in [1.807, 2.05) is 0 Å². The van der Waals surface area contributed by atoms with Gasteiger partial charge in [-0.05, 0) is 30.3 Å². The molecule has 1 amide bonds. The van der Waals surface area contributed by atoms with Crippen molar-refractivity contribution in [3.63, 3.8) is 0 Å². The minimum Gasteiger partial charge on any atom is -0.459 e. The third-order valence-electron chi connectivity index (χ3n) is 5.01. The second-order valence-corrected chi connectivity index (χ2v) is 7.22. The maximum absolute atomic E-state index is 12.5. The number of ether oxygens (including phenoxy) is 2. The summed E-state index contributed by atoms with van der Waals surface area (Å²) in [6.07, 6.45) is -0.912. The molecule has 164 valence electrons. The highest BCUT2D eigenvalue weighted by Crippen LogP contribution is 2.28. The number of rotatable bonds is 6. The van der Waals surface area contributed by atoms with Crippen LogP contribution in [0.5, 0.6) is 0 Å². The van der Waals surface area contributed by atoms with Crippen molar-refractivity contribution >= 4 is 17.7 Å². The molecule has 32 heavy (non-hydrogen) atoms. The Labute approximate surface area is 183 Å². The number of esters is 1. The van der Waals surface area contributed by atoms with Crippen molar-refractivity contribution in [3.05, 3.63) is 94.5 Å². The van der Waals surface area contributed by atoms with E-state index >= 15 is 0 Å². The van der Waals surface area contributed by atoms with Crippen LogP contribution in [0.4, 0.5) is 5.82 Å². The second-order valence-electron chi connectivity index (χ2n) is 7.22. The first-order chi connectivity index (χ1) is 15.5. The topological polar surface area (TPSA) is 120 Å².